The summed E-state index contributed by atoms with van der Waals surface area (Å²) in [6.45, 7) is 0.500. The van der Waals surface area contributed by atoms with E-state index >= 15 is 0 Å². The van der Waals surface area contributed by atoms with Crippen LogP contribution in [0.3, 0.4) is 0 Å². The second kappa shape index (κ2) is 7.74. The Hall–Kier alpha value is -2.28. The van der Waals surface area contributed by atoms with Crippen LogP contribution in [0.4, 0.5) is 5.69 Å². The number of hydrogen-bond donors (Lipinski definition) is 0. The lowest BCUT2D eigenvalue weighted by Gasteiger charge is -2.24. The standard InChI is InChI=1S/C18H23N3O4/c1-25-11-10-20(13-6-8-19-9-7-13)16(22)12-21-17(23)14-4-2-3-5-15(14)18(21)24/h6-9,14-15H,2-5,10-12H2,1H3/t14-,15-/m0/s1. The summed E-state index contributed by atoms with van der Waals surface area (Å²) in [6.07, 6.45) is 6.64. The van der Waals surface area contributed by atoms with Crippen LogP contribution in [0.25, 0.3) is 0 Å². The fraction of sp³-hybridized carbons (Fsp3) is 0.556. The van der Waals surface area contributed by atoms with E-state index in [1.165, 1.54) is 4.90 Å². The zero-order chi connectivity index (χ0) is 17.8. The monoisotopic (exact) mass is 345 g/mol. The molecule has 0 aromatic carbocycles. The van der Waals surface area contributed by atoms with Crippen molar-refractivity contribution in [3.8, 4) is 0 Å². The number of methoxy groups -OCH3 is 1. The lowest BCUT2D eigenvalue weighted by atomic mass is 9.81. The maximum atomic E-state index is 12.8. The zero-order valence-corrected chi connectivity index (χ0v) is 14.4. The van der Waals surface area contributed by atoms with Crippen LogP contribution in [0, 0.1) is 11.8 Å². The van der Waals surface area contributed by atoms with Gasteiger partial charge in [-0.2, -0.15) is 0 Å². The van der Waals surface area contributed by atoms with Gasteiger partial charge in [-0.15, -0.1) is 0 Å². The van der Waals surface area contributed by atoms with Gasteiger partial charge in [-0.05, 0) is 25.0 Å². The number of carbonyl (C=O) groups excluding carboxylic acids is 3. The number of likely N-dealkylation sites (tertiary alicyclic amines) is 1. The molecule has 2 fully saturated rings. The van der Waals surface area contributed by atoms with Crippen molar-refractivity contribution in [2.75, 3.05) is 31.7 Å². The quantitative estimate of drug-likeness (QED) is 0.725. The van der Waals surface area contributed by atoms with Crippen LogP contribution >= 0.6 is 0 Å². The average molecular weight is 345 g/mol. The van der Waals surface area contributed by atoms with E-state index in [4.69, 9.17) is 4.74 Å². The second-order valence-electron chi connectivity index (χ2n) is 6.50. The molecule has 3 rings (SSSR count). The fourth-order valence-corrected chi connectivity index (χ4v) is 3.71. The van der Waals surface area contributed by atoms with Crippen molar-refractivity contribution in [1.82, 2.24) is 9.88 Å². The minimum Gasteiger partial charge on any atom is -0.383 e. The van der Waals surface area contributed by atoms with E-state index in [1.807, 2.05) is 0 Å². The first-order chi connectivity index (χ1) is 12.1. The SMILES string of the molecule is COCCN(C(=O)CN1C(=O)[C@H]2CCCC[C@@H]2C1=O)c1ccncc1. The summed E-state index contributed by atoms with van der Waals surface area (Å²) in [6, 6.07) is 3.45. The Morgan fingerprint density at radius 1 is 1.20 bits per heavy atom. The molecule has 0 unspecified atom stereocenters. The Kier molecular flexibility index (Phi) is 5.43. The Bertz CT molecular complexity index is 625. The van der Waals surface area contributed by atoms with Crippen LogP contribution in [0.15, 0.2) is 24.5 Å². The molecule has 0 bridgehead atoms. The highest BCUT2D eigenvalue weighted by Crippen LogP contribution is 2.37. The normalized spacial score (nSPS) is 22.8. The van der Waals surface area contributed by atoms with Crippen LogP contribution < -0.4 is 4.90 Å². The second-order valence-corrected chi connectivity index (χ2v) is 6.50. The highest BCUT2D eigenvalue weighted by molar-refractivity contribution is 6.09. The number of rotatable bonds is 6. The predicted octanol–water partition coefficient (Wildman–Crippen LogP) is 1.24. The van der Waals surface area contributed by atoms with Gasteiger partial charge in [0.2, 0.25) is 17.7 Å². The topological polar surface area (TPSA) is 79.8 Å². The van der Waals surface area contributed by atoms with Gasteiger partial charge in [-0.25, -0.2) is 0 Å². The highest BCUT2D eigenvalue weighted by atomic mass is 16.5. The Balaban J connectivity index is 1.74. The Morgan fingerprint density at radius 3 is 2.36 bits per heavy atom. The summed E-state index contributed by atoms with van der Waals surface area (Å²) in [7, 11) is 1.56. The summed E-state index contributed by atoms with van der Waals surface area (Å²) < 4.78 is 5.08. The van der Waals surface area contributed by atoms with Crippen molar-refractivity contribution in [3.63, 3.8) is 0 Å². The highest BCUT2D eigenvalue weighted by Gasteiger charge is 2.48. The van der Waals surface area contributed by atoms with E-state index in [2.05, 4.69) is 4.98 Å². The molecule has 3 amide bonds. The van der Waals surface area contributed by atoms with Gasteiger partial charge in [0.1, 0.15) is 6.54 Å². The molecule has 134 valence electrons. The number of anilines is 1. The molecule has 1 aromatic rings. The van der Waals surface area contributed by atoms with Crippen LogP contribution in [0.5, 0.6) is 0 Å². The fourth-order valence-electron chi connectivity index (χ4n) is 3.71. The van der Waals surface area contributed by atoms with Crippen LogP contribution in [0.1, 0.15) is 25.7 Å². The molecule has 0 radical (unpaired) electrons. The van der Waals surface area contributed by atoms with Gasteiger partial charge in [0.25, 0.3) is 0 Å². The summed E-state index contributed by atoms with van der Waals surface area (Å²) >= 11 is 0. The van der Waals surface area contributed by atoms with Crippen LogP contribution in [-0.2, 0) is 19.1 Å². The first kappa shape index (κ1) is 17.5. The van der Waals surface area contributed by atoms with Crippen molar-refractivity contribution >= 4 is 23.4 Å². The maximum Gasteiger partial charge on any atom is 0.247 e. The number of hydrogen-bond acceptors (Lipinski definition) is 5. The summed E-state index contributed by atoms with van der Waals surface area (Å²) in [4.78, 5) is 44.6. The van der Waals surface area contributed by atoms with E-state index in [0.29, 0.717) is 18.8 Å². The number of fused-ring (bicyclic) bond motifs is 1. The molecule has 7 nitrogen and oxygen atoms in total. The molecule has 7 heteroatoms. The lowest BCUT2D eigenvalue weighted by Crippen LogP contribution is -2.44. The van der Waals surface area contributed by atoms with E-state index < -0.39 is 0 Å². The molecular formula is C18H23N3O4. The number of amides is 3. The van der Waals surface area contributed by atoms with Gasteiger partial charge >= 0.3 is 0 Å². The van der Waals surface area contributed by atoms with Crippen molar-refractivity contribution in [2.45, 2.75) is 25.7 Å². The summed E-state index contributed by atoms with van der Waals surface area (Å²) in [5.74, 6) is -1.14. The smallest absolute Gasteiger partial charge is 0.247 e. The predicted molar refractivity (Wildman–Crippen MR) is 90.6 cm³/mol. The molecule has 2 heterocycles. The van der Waals surface area contributed by atoms with E-state index in [0.717, 1.165) is 30.6 Å². The van der Waals surface area contributed by atoms with Crippen molar-refractivity contribution < 1.29 is 19.1 Å². The molecule has 0 N–H and O–H groups in total. The Morgan fingerprint density at radius 2 is 1.80 bits per heavy atom. The molecule has 2 atom stereocenters. The summed E-state index contributed by atoms with van der Waals surface area (Å²) in [5, 5.41) is 0. The van der Waals surface area contributed by atoms with Gasteiger partial charge in [-0.3, -0.25) is 24.3 Å². The van der Waals surface area contributed by atoms with Crippen molar-refractivity contribution in [1.29, 1.82) is 0 Å². The minimum absolute atomic E-state index is 0.190. The number of imide groups is 1. The zero-order valence-electron chi connectivity index (χ0n) is 14.4. The van der Waals surface area contributed by atoms with Gasteiger partial charge in [-0.1, -0.05) is 12.8 Å². The van der Waals surface area contributed by atoms with E-state index in [1.54, 1.807) is 31.6 Å². The van der Waals surface area contributed by atoms with Crippen molar-refractivity contribution in [3.05, 3.63) is 24.5 Å². The third kappa shape index (κ3) is 3.56. The number of aromatic nitrogens is 1. The number of nitrogens with zero attached hydrogens (tertiary/aromatic N) is 3. The first-order valence-corrected chi connectivity index (χ1v) is 8.68. The van der Waals surface area contributed by atoms with Gasteiger partial charge in [0.15, 0.2) is 0 Å². The Labute approximate surface area is 147 Å². The first-order valence-electron chi connectivity index (χ1n) is 8.68. The van der Waals surface area contributed by atoms with Gasteiger partial charge in [0.05, 0.1) is 18.4 Å². The van der Waals surface area contributed by atoms with Crippen LogP contribution in [-0.4, -0.2) is 54.4 Å². The summed E-state index contributed by atoms with van der Waals surface area (Å²) in [5.41, 5.74) is 0.675. The molecule has 1 saturated carbocycles. The number of pyridine rings is 1. The molecule has 1 saturated heterocycles. The van der Waals surface area contributed by atoms with E-state index in [9.17, 15) is 14.4 Å². The van der Waals surface area contributed by atoms with E-state index in [-0.39, 0.29) is 36.1 Å². The van der Waals surface area contributed by atoms with Gasteiger partial charge < -0.3 is 9.64 Å². The minimum atomic E-state index is -0.288. The molecule has 1 aromatic heterocycles. The van der Waals surface area contributed by atoms with Crippen molar-refractivity contribution in [2.24, 2.45) is 11.8 Å². The third-order valence-electron chi connectivity index (χ3n) is 5.02. The lowest BCUT2D eigenvalue weighted by molar-refractivity contribution is -0.143. The average Bonchev–Trinajstić information content (AvgIpc) is 2.88. The third-order valence-corrected chi connectivity index (χ3v) is 5.02. The van der Waals surface area contributed by atoms with Gasteiger partial charge in [0, 0.05) is 31.7 Å². The molecule has 1 aliphatic heterocycles. The molecule has 0 spiro atoms. The number of carbonyl (C=O) groups is 3. The van der Waals surface area contributed by atoms with Crippen LogP contribution in [0.2, 0.25) is 0 Å². The molecule has 1 aliphatic carbocycles. The molecular weight excluding hydrogens is 322 g/mol. The number of ether oxygens (including phenoxy) is 1. The molecule has 2 aliphatic rings. The molecule has 25 heavy (non-hydrogen) atoms. The maximum absolute atomic E-state index is 12.8. The largest absolute Gasteiger partial charge is 0.383 e.